The molecule has 2 aliphatic heterocycles. The summed E-state index contributed by atoms with van der Waals surface area (Å²) in [6.07, 6.45) is 8.55. The van der Waals surface area contributed by atoms with Gasteiger partial charge in [0.05, 0.1) is 19.2 Å². The summed E-state index contributed by atoms with van der Waals surface area (Å²) >= 11 is 0. The Balaban J connectivity index is 1.94. The first kappa shape index (κ1) is 18.0. The quantitative estimate of drug-likeness (QED) is 0.776. The van der Waals surface area contributed by atoms with Crippen LogP contribution in [0.3, 0.4) is 0 Å². The van der Waals surface area contributed by atoms with E-state index < -0.39 is 0 Å². The van der Waals surface area contributed by atoms with Gasteiger partial charge in [-0.3, -0.25) is 9.80 Å². The van der Waals surface area contributed by atoms with Crippen molar-refractivity contribution < 1.29 is 4.74 Å². The van der Waals surface area contributed by atoms with E-state index in [1.54, 1.807) is 7.11 Å². The van der Waals surface area contributed by atoms with Crippen LogP contribution >= 0.6 is 0 Å². The van der Waals surface area contributed by atoms with Crippen molar-refractivity contribution in [3.63, 3.8) is 0 Å². The van der Waals surface area contributed by atoms with Gasteiger partial charge in [0.25, 0.3) is 0 Å². The largest absolute Gasteiger partial charge is 0.499 e. The van der Waals surface area contributed by atoms with Gasteiger partial charge in [0.15, 0.2) is 0 Å². The summed E-state index contributed by atoms with van der Waals surface area (Å²) < 4.78 is 5.92. The summed E-state index contributed by atoms with van der Waals surface area (Å²) in [5.74, 6) is 1.55. The zero-order chi connectivity index (χ0) is 17.3. The zero-order valence-electron chi connectivity index (χ0n) is 15.9. The molecule has 4 atom stereocenters. The first-order valence-electron chi connectivity index (χ1n) is 9.73. The second kappa shape index (κ2) is 7.22. The normalized spacial score (nSPS) is 36.8. The van der Waals surface area contributed by atoms with Crippen molar-refractivity contribution in [3.8, 4) is 0 Å². The van der Waals surface area contributed by atoms with Gasteiger partial charge in [-0.2, -0.15) is 0 Å². The molecule has 3 aliphatic rings. The van der Waals surface area contributed by atoms with Crippen molar-refractivity contribution in [2.45, 2.75) is 64.1 Å². The van der Waals surface area contributed by atoms with Gasteiger partial charge in [0, 0.05) is 37.4 Å². The van der Waals surface area contributed by atoms with E-state index in [2.05, 4.69) is 42.2 Å². The van der Waals surface area contributed by atoms with Crippen LogP contribution in [0.5, 0.6) is 0 Å². The van der Waals surface area contributed by atoms with Crippen LogP contribution in [-0.4, -0.2) is 61.8 Å². The topological polar surface area (TPSA) is 53.8 Å². The molecule has 138 valence electrons. The predicted molar refractivity (Wildman–Crippen MR) is 98.3 cm³/mol. The predicted octanol–water partition coefficient (Wildman–Crippen LogP) is 1.95. The highest BCUT2D eigenvalue weighted by molar-refractivity contribution is 5.23. The Bertz CT molecular complexity index is 464. The lowest BCUT2D eigenvalue weighted by Gasteiger charge is -2.52. The van der Waals surface area contributed by atoms with Gasteiger partial charge in [-0.1, -0.05) is 26.7 Å². The summed E-state index contributed by atoms with van der Waals surface area (Å²) in [6, 6.07) is 1.28. The fourth-order valence-electron chi connectivity index (χ4n) is 5.35. The Morgan fingerprint density at radius 2 is 2.21 bits per heavy atom. The number of ether oxygens (including phenoxy) is 1. The van der Waals surface area contributed by atoms with Gasteiger partial charge < -0.3 is 15.8 Å². The lowest BCUT2D eigenvalue weighted by atomic mass is 9.61. The van der Waals surface area contributed by atoms with Crippen LogP contribution in [0.25, 0.3) is 0 Å². The lowest BCUT2D eigenvalue weighted by molar-refractivity contribution is 0.00630. The molecule has 1 aliphatic carbocycles. The Kier molecular flexibility index (Phi) is 5.42. The minimum absolute atomic E-state index is 0.0767. The second-order valence-corrected chi connectivity index (χ2v) is 8.12. The molecule has 1 saturated carbocycles. The number of methoxy groups -OCH3 is 1. The van der Waals surface area contributed by atoms with Crippen molar-refractivity contribution in [1.29, 1.82) is 0 Å². The van der Waals surface area contributed by atoms with E-state index >= 15 is 0 Å². The third-order valence-corrected chi connectivity index (χ3v) is 6.85. The highest BCUT2D eigenvalue weighted by atomic mass is 16.5. The lowest BCUT2D eigenvalue weighted by Crippen LogP contribution is -2.64. The molecule has 24 heavy (non-hydrogen) atoms. The molecule has 0 amide bonds. The molecule has 3 rings (SSSR count). The molecule has 3 N–H and O–H groups in total. The molecule has 1 saturated heterocycles. The Morgan fingerprint density at radius 1 is 1.46 bits per heavy atom. The van der Waals surface area contributed by atoms with E-state index in [0.717, 1.165) is 31.6 Å². The number of nitrogens with two attached hydrogens (primary N) is 1. The highest BCUT2D eigenvalue weighted by Gasteiger charge is 2.56. The monoisotopic (exact) mass is 336 g/mol. The maximum Gasteiger partial charge on any atom is 0.121 e. The third-order valence-electron chi connectivity index (χ3n) is 6.85. The molecule has 0 bridgehead atoms. The van der Waals surface area contributed by atoms with E-state index in [0.29, 0.717) is 12.0 Å². The Labute approximate surface area is 147 Å². The SMILES string of the molecule is CCCC(C)C1(C2CN(C3CCC3)CN2C)C(OC)=CNCC1N. The maximum atomic E-state index is 6.79. The summed E-state index contributed by atoms with van der Waals surface area (Å²) in [6.45, 7) is 7.65. The number of nitrogens with zero attached hydrogens (tertiary/aromatic N) is 2. The van der Waals surface area contributed by atoms with Crippen LogP contribution < -0.4 is 11.1 Å². The average molecular weight is 337 g/mol. The molecule has 2 heterocycles. The summed E-state index contributed by atoms with van der Waals surface area (Å²) in [4.78, 5) is 5.21. The van der Waals surface area contributed by atoms with Gasteiger partial charge in [-0.15, -0.1) is 0 Å². The molecule has 5 nitrogen and oxygen atoms in total. The molecule has 0 spiro atoms. The molecule has 0 radical (unpaired) electrons. The van der Waals surface area contributed by atoms with Gasteiger partial charge in [-0.25, -0.2) is 0 Å². The molecular weight excluding hydrogens is 300 g/mol. The molecule has 0 aromatic rings. The van der Waals surface area contributed by atoms with Crippen LogP contribution in [-0.2, 0) is 4.74 Å². The number of rotatable bonds is 6. The van der Waals surface area contributed by atoms with E-state index in [4.69, 9.17) is 10.5 Å². The van der Waals surface area contributed by atoms with E-state index in [-0.39, 0.29) is 11.5 Å². The fraction of sp³-hybridized carbons (Fsp3) is 0.895. The first-order valence-corrected chi connectivity index (χ1v) is 9.73. The Hall–Kier alpha value is -0.780. The average Bonchev–Trinajstić information content (AvgIpc) is 2.87. The number of hydrogen-bond acceptors (Lipinski definition) is 5. The number of hydrogen-bond donors (Lipinski definition) is 2. The minimum atomic E-state index is -0.108. The Morgan fingerprint density at radius 3 is 2.79 bits per heavy atom. The van der Waals surface area contributed by atoms with E-state index in [1.807, 2.05) is 0 Å². The fourth-order valence-corrected chi connectivity index (χ4v) is 5.35. The van der Waals surface area contributed by atoms with Gasteiger partial charge in [0.2, 0.25) is 0 Å². The maximum absolute atomic E-state index is 6.79. The van der Waals surface area contributed by atoms with Crippen molar-refractivity contribution in [2.24, 2.45) is 17.1 Å². The van der Waals surface area contributed by atoms with Crippen LogP contribution in [0.2, 0.25) is 0 Å². The molecule has 0 aromatic heterocycles. The van der Waals surface area contributed by atoms with Crippen LogP contribution in [0.1, 0.15) is 46.0 Å². The van der Waals surface area contributed by atoms with Crippen LogP contribution in [0, 0.1) is 11.3 Å². The van der Waals surface area contributed by atoms with Crippen molar-refractivity contribution in [1.82, 2.24) is 15.1 Å². The third kappa shape index (κ3) is 2.74. The van der Waals surface area contributed by atoms with Gasteiger partial charge >= 0.3 is 0 Å². The van der Waals surface area contributed by atoms with Gasteiger partial charge in [0.1, 0.15) is 5.76 Å². The van der Waals surface area contributed by atoms with Crippen LogP contribution in [0.15, 0.2) is 12.0 Å². The standard InChI is InChI=1S/C19H36N4O/c1-5-7-14(2)19(16(20)10-21-11-18(19)24-4)17-12-23(13-22(17)3)15-8-6-9-15/h11,14-17,21H,5-10,12-13,20H2,1-4H3. The molecular formula is C19H36N4O. The summed E-state index contributed by atoms with van der Waals surface area (Å²) in [5, 5.41) is 3.34. The highest BCUT2D eigenvalue weighted by Crippen LogP contribution is 2.49. The number of likely N-dealkylation sites (N-methyl/N-ethyl adjacent to an activating group) is 1. The molecule has 0 aromatic carbocycles. The van der Waals surface area contributed by atoms with Gasteiger partial charge in [-0.05, 0) is 32.2 Å². The van der Waals surface area contributed by atoms with E-state index in [1.165, 1.54) is 32.1 Å². The van der Waals surface area contributed by atoms with Crippen molar-refractivity contribution in [2.75, 3.05) is 33.9 Å². The van der Waals surface area contributed by atoms with Crippen LogP contribution in [0.4, 0.5) is 0 Å². The van der Waals surface area contributed by atoms with Crippen molar-refractivity contribution >= 4 is 0 Å². The van der Waals surface area contributed by atoms with Crippen molar-refractivity contribution in [3.05, 3.63) is 12.0 Å². The molecule has 4 unspecified atom stereocenters. The smallest absolute Gasteiger partial charge is 0.121 e. The zero-order valence-corrected chi connectivity index (χ0v) is 15.9. The second-order valence-electron chi connectivity index (χ2n) is 8.12. The van der Waals surface area contributed by atoms with E-state index in [9.17, 15) is 0 Å². The molecule has 5 heteroatoms. The summed E-state index contributed by atoms with van der Waals surface area (Å²) in [5.41, 5.74) is 6.68. The summed E-state index contributed by atoms with van der Waals surface area (Å²) in [7, 11) is 4.07. The molecule has 2 fully saturated rings. The number of nitrogens with one attached hydrogen (secondary N) is 1. The first-order chi connectivity index (χ1) is 11.6. The minimum Gasteiger partial charge on any atom is -0.499 e.